The quantitative estimate of drug-likeness (QED) is 0.807. The highest BCUT2D eigenvalue weighted by atomic mass is 32.2. The fourth-order valence-electron chi connectivity index (χ4n) is 3.20. The first-order valence-electron chi connectivity index (χ1n) is 7.93. The van der Waals surface area contributed by atoms with Gasteiger partial charge in [-0.15, -0.1) is 0 Å². The zero-order chi connectivity index (χ0) is 15.7. The molecule has 0 aromatic carbocycles. The van der Waals surface area contributed by atoms with Crippen LogP contribution in [-0.4, -0.2) is 49.2 Å². The molecular formula is C15H29N3O2S. The molecule has 0 aliphatic carbocycles. The molecule has 122 valence electrons. The van der Waals surface area contributed by atoms with Crippen LogP contribution < -0.4 is 5.73 Å². The predicted octanol–water partition coefficient (Wildman–Crippen LogP) is 1.72. The number of hydrogen-bond donors (Lipinski definition) is 1. The van der Waals surface area contributed by atoms with E-state index in [0.29, 0.717) is 26.2 Å². The average molecular weight is 315 g/mol. The third-order valence-corrected chi connectivity index (χ3v) is 6.66. The molecule has 0 radical (unpaired) electrons. The highest BCUT2D eigenvalue weighted by Gasteiger charge is 2.37. The van der Waals surface area contributed by atoms with Gasteiger partial charge in [-0.25, -0.2) is 0 Å². The summed E-state index contributed by atoms with van der Waals surface area (Å²) in [6.45, 7) is 8.63. The van der Waals surface area contributed by atoms with Gasteiger partial charge in [-0.3, -0.25) is 0 Å². The summed E-state index contributed by atoms with van der Waals surface area (Å²) in [7, 11) is -3.37. The van der Waals surface area contributed by atoms with E-state index >= 15 is 0 Å². The van der Waals surface area contributed by atoms with Crippen LogP contribution in [0.15, 0.2) is 11.6 Å². The van der Waals surface area contributed by atoms with E-state index in [2.05, 4.69) is 26.8 Å². The lowest BCUT2D eigenvalue weighted by Crippen LogP contribution is -2.53. The van der Waals surface area contributed by atoms with Crippen LogP contribution in [0.2, 0.25) is 0 Å². The minimum atomic E-state index is -3.37. The van der Waals surface area contributed by atoms with Gasteiger partial charge in [0, 0.05) is 32.2 Å². The molecule has 2 aliphatic heterocycles. The van der Waals surface area contributed by atoms with Crippen molar-refractivity contribution < 1.29 is 8.42 Å². The highest BCUT2D eigenvalue weighted by Crippen LogP contribution is 2.32. The van der Waals surface area contributed by atoms with E-state index in [0.717, 1.165) is 25.7 Å². The minimum Gasteiger partial charge on any atom is -0.329 e. The Hall–Kier alpha value is -0.430. The smallest absolute Gasteiger partial charge is 0.282 e. The lowest BCUT2D eigenvalue weighted by Gasteiger charge is -2.39. The molecule has 1 unspecified atom stereocenters. The number of nitrogens with zero attached hydrogens (tertiary/aromatic N) is 2. The van der Waals surface area contributed by atoms with Crippen LogP contribution in [0.4, 0.5) is 0 Å². The number of piperidine rings is 1. The summed E-state index contributed by atoms with van der Waals surface area (Å²) >= 11 is 0. The molecule has 0 spiro atoms. The average Bonchev–Trinajstić information content (AvgIpc) is 2.46. The molecule has 1 atom stereocenters. The molecule has 1 saturated heterocycles. The first kappa shape index (κ1) is 16.9. The van der Waals surface area contributed by atoms with Gasteiger partial charge < -0.3 is 5.73 Å². The molecule has 2 N–H and O–H groups in total. The van der Waals surface area contributed by atoms with Crippen LogP contribution in [-0.2, 0) is 10.2 Å². The molecular weight excluding hydrogens is 286 g/mol. The van der Waals surface area contributed by atoms with Gasteiger partial charge in [0.15, 0.2) is 0 Å². The Morgan fingerprint density at radius 3 is 2.52 bits per heavy atom. The molecule has 5 nitrogen and oxygen atoms in total. The van der Waals surface area contributed by atoms with Gasteiger partial charge in [0.05, 0.1) is 0 Å². The zero-order valence-corrected chi connectivity index (χ0v) is 14.3. The molecule has 0 bridgehead atoms. The second-order valence-corrected chi connectivity index (χ2v) is 8.97. The molecule has 21 heavy (non-hydrogen) atoms. The van der Waals surface area contributed by atoms with Gasteiger partial charge in [0.25, 0.3) is 10.2 Å². The molecule has 2 heterocycles. The fraction of sp³-hybridized carbons (Fsp3) is 0.867. The summed E-state index contributed by atoms with van der Waals surface area (Å²) in [5, 5.41) is 0. The van der Waals surface area contributed by atoms with Crippen LogP contribution >= 0.6 is 0 Å². The van der Waals surface area contributed by atoms with Crippen molar-refractivity contribution in [1.82, 2.24) is 8.61 Å². The summed E-state index contributed by atoms with van der Waals surface area (Å²) in [5.41, 5.74) is 7.24. The van der Waals surface area contributed by atoms with E-state index < -0.39 is 10.2 Å². The Balaban J connectivity index is 2.12. The first-order chi connectivity index (χ1) is 9.76. The van der Waals surface area contributed by atoms with Gasteiger partial charge in [0.2, 0.25) is 0 Å². The second kappa shape index (κ2) is 6.36. The maximum atomic E-state index is 12.8. The van der Waals surface area contributed by atoms with Crippen molar-refractivity contribution in [2.24, 2.45) is 11.1 Å². The lowest BCUT2D eigenvalue weighted by atomic mass is 9.83. The zero-order valence-electron chi connectivity index (χ0n) is 13.5. The van der Waals surface area contributed by atoms with Gasteiger partial charge in [-0.1, -0.05) is 38.8 Å². The summed E-state index contributed by atoms with van der Waals surface area (Å²) in [5.74, 6) is 0. The molecule has 0 amide bonds. The Labute approximate surface area is 129 Å². The van der Waals surface area contributed by atoms with Crippen LogP contribution in [0.5, 0.6) is 0 Å². The molecule has 1 fully saturated rings. The van der Waals surface area contributed by atoms with Crippen molar-refractivity contribution >= 4 is 10.2 Å². The van der Waals surface area contributed by atoms with Crippen LogP contribution in [0, 0.1) is 5.41 Å². The van der Waals surface area contributed by atoms with Crippen molar-refractivity contribution in [2.45, 2.75) is 52.5 Å². The van der Waals surface area contributed by atoms with Crippen molar-refractivity contribution in [3.8, 4) is 0 Å². The Morgan fingerprint density at radius 2 is 2.00 bits per heavy atom. The summed E-state index contributed by atoms with van der Waals surface area (Å²) in [6, 6.07) is -0.0308. The normalized spacial score (nSPS) is 26.7. The Bertz CT molecular complexity index is 494. The van der Waals surface area contributed by atoms with Crippen molar-refractivity contribution in [2.75, 3.05) is 26.2 Å². The van der Waals surface area contributed by atoms with Gasteiger partial charge in [-0.2, -0.15) is 17.0 Å². The lowest BCUT2D eigenvalue weighted by molar-refractivity contribution is 0.235. The maximum Gasteiger partial charge on any atom is 0.282 e. The standard InChI is InChI=1S/C15H29N3O2S/c1-15(2,3)13-7-10-17(11-8-13)21(19,20)18-9-5-4-6-14(18)12-16/h7,14H,4-6,8-12,16H2,1-3H3. The molecule has 2 rings (SSSR count). The molecule has 0 aromatic heterocycles. The van der Waals surface area contributed by atoms with Gasteiger partial charge in [-0.05, 0) is 24.7 Å². The van der Waals surface area contributed by atoms with Gasteiger partial charge >= 0.3 is 0 Å². The van der Waals surface area contributed by atoms with Gasteiger partial charge in [0.1, 0.15) is 0 Å². The van der Waals surface area contributed by atoms with E-state index in [-0.39, 0.29) is 11.5 Å². The second-order valence-electron chi connectivity index (χ2n) is 7.09. The number of hydrogen-bond acceptors (Lipinski definition) is 3. The third kappa shape index (κ3) is 3.67. The third-order valence-electron chi connectivity index (χ3n) is 4.60. The maximum absolute atomic E-state index is 12.8. The molecule has 2 aliphatic rings. The van der Waals surface area contributed by atoms with E-state index in [9.17, 15) is 8.42 Å². The monoisotopic (exact) mass is 315 g/mol. The van der Waals surface area contributed by atoms with E-state index in [1.807, 2.05) is 0 Å². The van der Waals surface area contributed by atoms with Crippen LogP contribution in [0.1, 0.15) is 46.5 Å². The largest absolute Gasteiger partial charge is 0.329 e. The minimum absolute atomic E-state index is 0.0308. The predicted molar refractivity (Wildman–Crippen MR) is 86.0 cm³/mol. The highest BCUT2D eigenvalue weighted by molar-refractivity contribution is 7.86. The summed E-state index contributed by atoms with van der Waals surface area (Å²) in [4.78, 5) is 0. The van der Waals surface area contributed by atoms with E-state index in [1.165, 1.54) is 5.57 Å². The Morgan fingerprint density at radius 1 is 1.29 bits per heavy atom. The SMILES string of the molecule is CC(C)(C)C1=CCN(S(=O)(=O)N2CCCCC2CN)CC1. The first-order valence-corrected chi connectivity index (χ1v) is 9.33. The topological polar surface area (TPSA) is 66.6 Å². The molecule has 6 heteroatoms. The molecule has 0 aromatic rings. The van der Waals surface area contributed by atoms with E-state index in [4.69, 9.17) is 5.73 Å². The van der Waals surface area contributed by atoms with Crippen LogP contribution in [0.3, 0.4) is 0 Å². The van der Waals surface area contributed by atoms with Crippen LogP contribution in [0.25, 0.3) is 0 Å². The van der Waals surface area contributed by atoms with Crippen molar-refractivity contribution in [1.29, 1.82) is 0 Å². The van der Waals surface area contributed by atoms with Crippen molar-refractivity contribution in [3.05, 3.63) is 11.6 Å². The van der Waals surface area contributed by atoms with E-state index in [1.54, 1.807) is 8.61 Å². The summed E-state index contributed by atoms with van der Waals surface area (Å²) in [6.07, 6.45) is 5.80. The van der Waals surface area contributed by atoms with Crippen molar-refractivity contribution in [3.63, 3.8) is 0 Å². The molecule has 0 saturated carbocycles. The Kier molecular flexibility index (Phi) is 5.13. The summed E-state index contributed by atoms with van der Waals surface area (Å²) < 4.78 is 28.9. The number of nitrogens with two attached hydrogens (primary N) is 1. The number of rotatable bonds is 3. The fourth-order valence-corrected chi connectivity index (χ4v) is 5.01.